The van der Waals surface area contributed by atoms with E-state index in [9.17, 15) is 9.59 Å². The standard InChI is InChI=1S/C43H51N5O3/c1-30(2)37-27-35(33-16-11-18-36(26-33)51-25-13-23-47-21-9-6-10-22-47)28-38(31(3)4)40(37)45-43(50)48(24-19-32-14-7-5-8-15-32)39-29-34-17-12-20-44-41(34)46-42(39)49/h5,7-8,11-12,14-18,20,26-31H,6,9-10,13,19,21-25H2,1-4H3,(H,45,50)(H,44,46,49). The predicted molar refractivity (Wildman–Crippen MR) is 209 cm³/mol. The van der Waals surface area contributed by atoms with Crippen molar-refractivity contribution < 1.29 is 9.53 Å². The zero-order chi connectivity index (χ0) is 35.7. The fraction of sp³-hybridized carbons (Fsp3) is 0.372. The zero-order valence-corrected chi connectivity index (χ0v) is 30.5. The summed E-state index contributed by atoms with van der Waals surface area (Å²) in [6.45, 7) is 13.1. The molecule has 2 aromatic heterocycles. The van der Waals surface area contributed by atoms with Crippen molar-refractivity contribution in [2.24, 2.45) is 0 Å². The Morgan fingerprint density at radius 1 is 0.882 bits per heavy atom. The van der Waals surface area contributed by atoms with Gasteiger partial charge in [-0.15, -0.1) is 0 Å². The first-order valence-corrected chi connectivity index (χ1v) is 18.5. The molecular formula is C43H51N5O3. The number of hydrogen-bond donors (Lipinski definition) is 2. The molecular weight excluding hydrogens is 635 g/mol. The lowest BCUT2D eigenvalue weighted by atomic mass is 9.88. The smallest absolute Gasteiger partial charge is 0.326 e. The number of aromatic nitrogens is 2. The van der Waals surface area contributed by atoms with Crippen molar-refractivity contribution in [3.8, 4) is 16.9 Å². The molecule has 8 nitrogen and oxygen atoms in total. The molecule has 0 radical (unpaired) electrons. The number of nitrogens with one attached hydrogen (secondary N) is 2. The first kappa shape index (κ1) is 35.9. The van der Waals surface area contributed by atoms with Crippen LogP contribution in [0.5, 0.6) is 5.75 Å². The molecule has 6 rings (SSSR count). The molecule has 8 heteroatoms. The molecule has 1 saturated heterocycles. The Morgan fingerprint density at radius 2 is 1.63 bits per heavy atom. The van der Waals surface area contributed by atoms with Crippen molar-refractivity contribution in [1.82, 2.24) is 14.9 Å². The Morgan fingerprint density at radius 3 is 2.35 bits per heavy atom. The molecule has 51 heavy (non-hydrogen) atoms. The average molecular weight is 686 g/mol. The van der Waals surface area contributed by atoms with Crippen LogP contribution in [0.1, 0.15) is 81.9 Å². The number of piperidine rings is 1. The number of rotatable bonds is 13. The Labute approximate surface area is 301 Å². The van der Waals surface area contributed by atoms with E-state index in [1.807, 2.05) is 48.5 Å². The second-order valence-corrected chi connectivity index (χ2v) is 14.2. The van der Waals surface area contributed by atoms with Crippen molar-refractivity contribution >= 4 is 28.4 Å². The molecule has 2 N–H and O–H groups in total. The number of anilines is 2. The first-order chi connectivity index (χ1) is 24.8. The number of carbonyl (C=O) groups is 1. The lowest BCUT2D eigenvalue weighted by molar-refractivity contribution is 0.205. The third-order valence-corrected chi connectivity index (χ3v) is 9.78. The minimum atomic E-state index is -0.360. The molecule has 0 saturated carbocycles. The molecule has 1 aliphatic rings. The van der Waals surface area contributed by atoms with Crippen LogP contribution in [-0.4, -0.2) is 53.7 Å². The summed E-state index contributed by atoms with van der Waals surface area (Å²) in [4.78, 5) is 39.2. The molecule has 5 aromatic rings. The number of likely N-dealkylation sites (tertiary alicyclic amines) is 1. The summed E-state index contributed by atoms with van der Waals surface area (Å²) in [7, 11) is 0. The summed E-state index contributed by atoms with van der Waals surface area (Å²) < 4.78 is 6.23. The number of aromatic amines is 1. The molecule has 266 valence electrons. The minimum Gasteiger partial charge on any atom is -0.494 e. The fourth-order valence-electron chi connectivity index (χ4n) is 6.95. The van der Waals surface area contributed by atoms with Crippen LogP contribution in [0.2, 0.25) is 0 Å². The van der Waals surface area contributed by atoms with E-state index in [4.69, 9.17) is 4.74 Å². The van der Waals surface area contributed by atoms with Gasteiger partial charge >= 0.3 is 6.03 Å². The number of amides is 2. The highest BCUT2D eigenvalue weighted by molar-refractivity contribution is 6.03. The van der Waals surface area contributed by atoms with Gasteiger partial charge in [-0.1, -0.05) is 76.6 Å². The van der Waals surface area contributed by atoms with E-state index in [2.05, 4.69) is 78.2 Å². The maximum absolute atomic E-state index is 14.4. The molecule has 2 amide bonds. The number of carbonyl (C=O) groups excluding carboxylic acids is 1. The van der Waals surface area contributed by atoms with Crippen LogP contribution < -0.4 is 20.5 Å². The Hall–Kier alpha value is -4.95. The predicted octanol–water partition coefficient (Wildman–Crippen LogP) is 9.37. The topological polar surface area (TPSA) is 90.6 Å². The number of benzene rings is 3. The molecule has 0 spiro atoms. The first-order valence-electron chi connectivity index (χ1n) is 18.5. The molecule has 0 atom stereocenters. The van der Waals surface area contributed by atoms with E-state index < -0.39 is 0 Å². The van der Waals surface area contributed by atoms with Crippen molar-refractivity contribution in [2.75, 3.05) is 43.0 Å². The summed E-state index contributed by atoms with van der Waals surface area (Å²) >= 11 is 0. The number of pyridine rings is 2. The molecule has 3 aromatic carbocycles. The van der Waals surface area contributed by atoms with Crippen molar-refractivity contribution in [1.29, 1.82) is 0 Å². The number of fused-ring (bicyclic) bond motifs is 1. The van der Waals surface area contributed by atoms with E-state index in [0.29, 0.717) is 25.2 Å². The van der Waals surface area contributed by atoms with Gasteiger partial charge in [-0.25, -0.2) is 9.78 Å². The van der Waals surface area contributed by atoms with Crippen LogP contribution in [0, 0.1) is 0 Å². The number of nitrogens with zero attached hydrogens (tertiary/aromatic N) is 3. The summed E-state index contributed by atoms with van der Waals surface area (Å²) in [5.41, 5.74) is 6.52. The van der Waals surface area contributed by atoms with E-state index in [0.717, 1.165) is 57.6 Å². The molecule has 0 aliphatic carbocycles. The minimum absolute atomic E-state index is 0.125. The van der Waals surface area contributed by atoms with Crippen LogP contribution in [0.15, 0.2) is 95.9 Å². The number of urea groups is 1. The number of H-pyrrole nitrogens is 1. The van der Waals surface area contributed by atoms with Gasteiger partial charge in [0.25, 0.3) is 5.56 Å². The summed E-state index contributed by atoms with van der Waals surface area (Å²) in [6, 6.07) is 27.8. The molecule has 0 unspecified atom stereocenters. The quantitative estimate of drug-likeness (QED) is 0.121. The Bertz CT molecular complexity index is 1950. The van der Waals surface area contributed by atoms with Gasteiger partial charge in [0, 0.05) is 30.4 Å². The SMILES string of the molecule is CC(C)c1cc(-c2cccc(OCCCN3CCCCC3)c2)cc(C(C)C)c1NC(=O)N(CCc1ccccc1)c1cc2cccnc2[nH]c1=O. The van der Waals surface area contributed by atoms with Gasteiger partial charge in [0.05, 0.1) is 6.61 Å². The van der Waals surface area contributed by atoms with Gasteiger partial charge in [-0.3, -0.25) is 9.69 Å². The lowest BCUT2D eigenvalue weighted by Crippen LogP contribution is -2.40. The molecule has 0 bridgehead atoms. The van der Waals surface area contributed by atoms with Gasteiger partial charge in [-0.05, 0) is 121 Å². The third kappa shape index (κ3) is 9.05. The van der Waals surface area contributed by atoms with Gasteiger partial charge in [0.15, 0.2) is 0 Å². The third-order valence-electron chi connectivity index (χ3n) is 9.78. The summed E-state index contributed by atoms with van der Waals surface area (Å²) in [6.07, 6.45) is 7.19. The summed E-state index contributed by atoms with van der Waals surface area (Å²) in [5.74, 6) is 1.12. The van der Waals surface area contributed by atoms with Gasteiger partial charge in [0.2, 0.25) is 0 Å². The van der Waals surface area contributed by atoms with Gasteiger partial charge < -0.3 is 19.9 Å². The average Bonchev–Trinajstić information content (AvgIpc) is 3.14. The van der Waals surface area contributed by atoms with E-state index >= 15 is 0 Å². The fourth-order valence-corrected chi connectivity index (χ4v) is 6.95. The van der Waals surface area contributed by atoms with Crippen LogP contribution in [0.3, 0.4) is 0 Å². The number of ether oxygens (including phenoxy) is 1. The maximum atomic E-state index is 14.4. The lowest BCUT2D eigenvalue weighted by Gasteiger charge is -2.27. The monoisotopic (exact) mass is 685 g/mol. The van der Waals surface area contributed by atoms with E-state index in [1.54, 1.807) is 17.2 Å². The second kappa shape index (κ2) is 16.8. The van der Waals surface area contributed by atoms with Crippen LogP contribution in [0.25, 0.3) is 22.2 Å². The van der Waals surface area contributed by atoms with Crippen molar-refractivity contribution in [3.63, 3.8) is 0 Å². The highest BCUT2D eigenvalue weighted by atomic mass is 16.5. The van der Waals surface area contributed by atoms with Crippen molar-refractivity contribution in [2.45, 2.75) is 71.6 Å². The normalized spacial score (nSPS) is 13.5. The summed E-state index contributed by atoms with van der Waals surface area (Å²) in [5, 5.41) is 4.05. The van der Waals surface area contributed by atoms with E-state index in [1.165, 1.54) is 32.4 Å². The Balaban J connectivity index is 1.28. The highest BCUT2D eigenvalue weighted by Crippen LogP contribution is 2.38. The highest BCUT2D eigenvalue weighted by Gasteiger charge is 2.24. The maximum Gasteiger partial charge on any atom is 0.326 e. The molecule has 3 heterocycles. The molecule has 1 aliphatic heterocycles. The van der Waals surface area contributed by atoms with E-state index in [-0.39, 0.29) is 29.1 Å². The number of hydrogen-bond acceptors (Lipinski definition) is 5. The second-order valence-electron chi connectivity index (χ2n) is 14.2. The van der Waals surface area contributed by atoms with Crippen molar-refractivity contribution in [3.05, 3.63) is 118 Å². The Kier molecular flexibility index (Phi) is 11.8. The van der Waals surface area contributed by atoms with Crippen LogP contribution in [0.4, 0.5) is 16.2 Å². The largest absolute Gasteiger partial charge is 0.494 e. The van der Waals surface area contributed by atoms with Crippen LogP contribution in [-0.2, 0) is 6.42 Å². The molecule has 1 fully saturated rings. The van der Waals surface area contributed by atoms with Gasteiger partial charge in [0.1, 0.15) is 17.1 Å². The van der Waals surface area contributed by atoms with Crippen LogP contribution >= 0.6 is 0 Å². The zero-order valence-electron chi connectivity index (χ0n) is 30.5. The van der Waals surface area contributed by atoms with Gasteiger partial charge in [-0.2, -0.15) is 0 Å².